The van der Waals surface area contributed by atoms with Crippen molar-refractivity contribution in [2.75, 3.05) is 23.0 Å². The first-order valence-corrected chi connectivity index (χ1v) is 14.8. The quantitative estimate of drug-likeness (QED) is 0.168. The topological polar surface area (TPSA) is 218 Å². The van der Waals surface area contributed by atoms with Crippen molar-refractivity contribution in [3.05, 3.63) is 11.3 Å². The number of tetrazole rings is 1. The molecule has 5 N–H and O–H groups in total. The minimum atomic E-state index is -4.73. The number of nitrogens with two attached hydrogens (primary N) is 1. The molecule has 2 aliphatic rings. The molecule has 3 heterocycles. The number of halogens is 3. The van der Waals surface area contributed by atoms with Crippen LogP contribution in [0.3, 0.4) is 0 Å². The van der Waals surface area contributed by atoms with Crippen LogP contribution in [0, 0.1) is 0 Å². The van der Waals surface area contributed by atoms with Gasteiger partial charge in [-0.1, -0.05) is 11.8 Å². The molecular formula is C15H18F3N7O7S4. The third kappa shape index (κ3) is 7.17. The average Bonchev–Trinajstić information content (AvgIpc) is 3.25. The van der Waals surface area contributed by atoms with Crippen molar-refractivity contribution >= 4 is 62.1 Å². The number of aromatic amines is 1. The molecule has 0 spiro atoms. The van der Waals surface area contributed by atoms with Crippen molar-refractivity contribution in [1.82, 2.24) is 30.8 Å². The van der Waals surface area contributed by atoms with Gasteiger partial charge in [0.1, 0.15) is 28.6 Å². The second kappa shape index (κ2) is 11.0. The van der Waals surface area contributed by atoms with Crippen molar-refractivity contribution in [3.8, 4) is 0 Å². The Morgan fingerprint density at radius 2 is 2.11 bits per heavy atom. The summed E-state index contributed by atoms with van der Waals surface area (Å²) in [5.41, 5.74) is -0.239. The highest BCUT2D eigenvalue weighted by Gasteiger charge is 2.55. The van der Waals surface area contributed by atoms with E-state index in [0.717, 1.165) is 28.4 Å². The molecule has 36 heavy (non-hydrogen) atoms. The minimum absolute atomic E-state index is 0.00257. The lowest BCUT2D eigenvalue weighted by Gasteiger charge is -2.50. The highest BCUT2D eigenvalue weighted by atomic mass is 32.2. The molecule has 2 amide bonds. The van der Waals surface area contributed by atoms with E-state index in [1.807, 2.05) is 0 Å². The van der Waals surface area contributed by atoms with Gasteiger partial charge in [-0.15, -0.1) is 22.0 Å². The Labute approximate surface area is 211 Å². The second-order valence-electron chi connectivity index (χ2n) is 7.43. The summed E-state index contributed by atoms with van der Waals surface area (Å²) >= 11 is 1.97. The number of hydrogen-bond acceptors (Lipinski definition) is 11. The Morgan fingerprint density at radius 3 is 2.67 bits per heavy atom. The van der Waals surface area contributed by atoms with Gasteiger partial charge in [0.05, 0.1) is 5.75 Å². The molecule has 3 unspecified atom stereocenters. The SMILES string of the molecule is NS(=O)(=O)CCC(Sc1nn[nH]n1)C1=C(C(=O)O)N2C(=O)C(NC(=O)CS(=O)CC(F)(F)F)[C@H]2SC1. The Balaban J connectivity index is 1.79. The lowest BCUT2D eigenvalue weighted by Crippen LogP contribution is -2.71. The van der Waals surface area contributed by atoms with Gasteiger partial charge in [0, 0.05) is 21.8 Å². The van der Waals surface area contributed by atoms with Crippen LogP contribution in [0.4, 0.5) is 13.2 Å². The van der Waals surface area contributed by atoms with Gasteiger partial charge in [0.2, 0.25) is 21.1 Å². The van der Waals surface area contributed by atoms with Crippen LogP contribution in [0.25, 0.3) is 0 Å². The zero-order chi connectivity index (χ0) is 26.8. The molecule has 14 nitrogen and oxygen atoms in total. The first-order chi connectivity index (χ1) is 16.7. The molecule has 200 valence electrons. The molecule has 1 aromatic rings. The van der Waals surface area contributed by atoms with Gasteiger partial charge in [0.25, 0.3) is 5.91 Å². The molecule has 0 aliphatic carbocycles. The van der Waals surface area contributed by atoms with Crippen molar-refractivity contribution in [2.45, 2.75) is 34.4 Å². The Hall–Kier alpha value is -2.23. The normalized spacial score (nSPS) is 22.0. The van der Waals surface area contributed by atoms with Crippen molar-refractivity contribution in [3.63, 3.8) is 0 Å². The number of carboxylic acid groups (broad SMARTS) is 1. The summed E-state index contributed by atoms with van der Waals surface area (Å²) in [6.45, 7) is 0. The van der Waals surface area contributed by atoms with Gasteiger partial charge >= 0.3 is 12.1 Å². The smallest absolute Gasteiger partial charge is 0.400 e. The number of rotatable bonds is 11. The van der Waals surface area contributed by atoms with Crippen LogP contribution in [0.2, 0.25) is 0 Å². The van der Waals surface area contributed by atoms with Crippen LogP contribution >= 0.6 is 23.5 Å². The molecule has 2 aliphatic heterocycles. The predicted molar refractivity (Wildman–Crippen MR) is 120 cm³/mol. The summed E-state index contributed by atoms with van der Waals surface area (Å²) < 4.78 is 71.5. The van der Waals surface area contributed by atoms with Gasteiger partial charge in [-0.2, -0.15) is 18.4 Å². The molecule has 21 heteroatoms. The third-order valence-electron chi connectivity index (χ3n) is 4.76. The molecule has 1 saturated heterocycles. The van der Waals surface area contributed by atoms with Gasteiger partial charge < -0.3 is 10.4 Å². The largest absolute Gasteiger partial charge is 0.477 e. The number of carboxylic acids is 1. The number of fused-ring (bicyclic) bond motifs is 1. The van der Waals surface area contributed by atoms with Crippen LogP contribution in [0.15, 0.2) is 16.4 Å². The number of aliphatic carboxylic acids is 1. The summed E-state index contributed by atoms with van der Waals surface area (Å²) in [5, 5.41) is 28.6. The van der Waals surface area contributed by atoms with Crippen molar-refractivity contribution < 1.29 is 45.3 Å². The number of thioether (sulfide) groups is 2. The van der Waals surface area contributed by atoms with Crippen molar-refractivity contribution in [2.24, 2.45) is 5.14 Å². The number of β-lactam (4-membered cyclic amide) rings is 1. The minimum Gasteiger partial charge on any atom is -0.477 e. The Kier molecular flexibility index (Phi) is 8.68. The average molecular weight is 594 g/mol. The lowest BCUT2D eigenvalue weighted by molar-refractivity contribution is -0.150. The van der Waals surface area contributed by atoms with Crippen molar-refractivity contribution in [1.29, 1.82) is 0 Å². The van der Waals surface area contributed by atoms with Crippen LogP contribution in [0.1, 0.15) is 6.42 Å². The molecule has 1 fully saturated rings. The van der Waals surface area contributed by atoms with Gasteiger partial charge in [-0.3, -0.25) is 18.7 Å². The van der Waals surface area contributed by atoms with Crippen LogP contribution in [-0.2, 0) is 35.2 Å². The zero-order valence-electron chi connectivity index (χ0n) is 17.8. The monoisotopic (exact) mass is 593 g/mol. The zero-order valence-corrected chi connectivity index (χ0v) is 21.1. The number of sulfonamides is 1. The van der Waals surface area contributed by atoms with E-state index >= 15 is 0 Å². The number of alkyl halides is 3. The van der Waals surface area contributed by atoms with Crippen LogP contribution in [-0.4, -0.2) is 107 Å². The van der Waals surface area contributed by atoms with Crippen LogP contribution < -0.4 is 10.5 Å². The van der Waals surface area contributed by atoms with E-state index in [0.29, 0.717) is 0 Å². The maximum Gasteiger partial charge on any atom is 0.400 e. The standard InChI is InChI=1S/C15H18F3N7O7S4/c16-15(17,18)5-35(30)4-8(26)20-9-11(27)25-10(13(28)29)6(3-33-12(9)25)7(1-2-36(19,31)32)34-14-21-23-24-22-14/h7,9,12H,1-5H2,(H,20,26)(H,28,29)(H2,19,31,32)(H,21,22,23,24)/t7?,9?,12-,35?/m1/s1. The van der Waals surface area contributed by atoms with Gasteiger partial charge in [-0.25, -0.2) is 18.4 Å². The van der Waals surface area contributed by atoms with Crippen LogP contribution in [0.5, 0.6) is 0 Å². The number of carbonyl (C=O) groups excluding carboxylic acids is 2. The summed E-state index contributed by atoms with van der Waals surface area (Å²) in [7, 11) is -6.46. The maximum atomic E-state index is 12.7. The predicted octanol–water partition coefficient (Wildman–Crippen LogP) is -1.61. The number of primary sulfonamides is 1. The van der Waals surface area contributed by atoms with E-state index in [-0.39, 0.29) is 22.9 Å². The molecular weight excluding hydrogens is 575 g/mol. The van der Waals surface area contributed by atoms with Gasteiger partial charge in [0.15, 0.2) is 0 Å². The molecule has 3 rings (SSSR count). The molecule has 0 bridgehead atoms. The number of carbonyl (C=O) groups is 3. The first-order valence-electron chi connectivity index (χ1n) is 9.69. The summed E-state index contributed by atoms with van der Waals surface area (Å²) in [6.07, 6.45) is -4.87. The van der Waals surface area contributed by atoms with E-state index in [1.165, 1.54) is 0 Å². The molecule has 1 aromatic heterocycles. The molecule has 0 aromatic carbocycles. The van der Waals surface area contributed by atoms with E-state index < -0.39 is 84.4 Å². The second-order valence-corrected chi connectivity index (χ2v) is 12.9. The number of H-pyrrole nitrogens is 1. The fourth-order valence-corrected chi connectivity index (χ4v) is 7.48. The molecule has 4 atom stereocenters. The number of aromatic nitrogens is 4. The van der Waals surface area contributed by atoms with E-state index in [1.54, 1.807) is 0 Å². The number of nitrogens with one attached hydrogen (secondary N) is 2. The summed E-state index contributed by atoms with van der Waals surface area (Å²) in [6, 6.07) is -1.24. The highest BCUT2D eigenvalue weighted by Crippen LogP contribution is 2.44. The first kappa shape index (κ1) is 28.3. The Morgan fingerprint density at radius 1 is 1.42 bits per heavy atom. The van der Waals surface area contributed by atoms with E-state index in [2.05, 4.69) is 25.9 Å². The van der Waals surface area contributed by atoms with Gasteiger partial charge in [-0.05, 0) is 17.2 Å². The molecule has 0 saturated carbocycles. The lowest BCUT2D eigenvalue weighted by atomic mass is 10.0. The fraction of sp³-hybridized carbons (Fsp3) is 0.600. The highest BCUT2D eigenvalue weighted by molar-refractivity contribution is 8.01. The summed E-state index contributed by atoms with van der Waals surface area (Å²) in [4.78, 5) is 37.8. The molecule has 0 radical (unpaired) electrons. The fourth-order valence-electron chi connectivity index (χ4n) is 3.39. The van der Waals surface area contributed by atoms with E-state index in [9.17, 15) is 45.3 Å². The summed E-state index contributed by atoms with van der Waals surface area (Å²) in [5.74, 6) is -6.55. The third-order valence-corrected chi connectivity index (χ3v) is 9.29. The Bertz CT molecular complexity index is 1190. The number of nitrogens with zero attached hydrogens (tertiary/aromatic N) is 4. The maximum absolute atomic E-state index is 12.7. The number of hydrogen-bond donors (Lipinski definition) is 4. The van der Waals surface area contributed by atoms with E-state index in [4.69, 9.17) is 5.14 Å². The number of amides is 2.